The van der Waals surface area contributed by atoms with E-state index in [0.29, 0.717) is 22.7 Å². The van der Waals surface area contributed by atoms with Gasteiger partial charge in [-0.15, -0.1) is 0 Å². The fraction of sp³-hybridized carbons (Fsp3) is 0.409. The van der Waals surface area contributed by atoms with E-state index in [1.165, 1.54) is 12.1 Å². The van der Waals surface area contributed by atoms with Crippen LogP contribution < -0.4 is 15.6 Å². The zero-order valence-electron chi connectivity index (χ0n) is 17.0. The molecule has 0 radical (unpaired) electrons. The Hall–Kier alpha value is -3.03. The van der Waals surface area contributed by atoms with Crippen LogP contribution in [0.3, 0.4) is 0 Å². The summed E-state index contributed by atoms with van der Waals surface area (Å²) in [4.78, 5) is 21.5. The van der Waals surface area contributed by atoms with Crippen molar-refractivity contribution in [2.24, 2.45) is 0 Å². The lowest BCUT2D eigenvalue weighted by atomic mass is 10.0. The van der Waals surface area contributed by atoms with Gasteiger partial charge >= 0.3 is 5.92 Å². The number of hydrogen-bond acceptors (Lipinski definition) is 5. The standard InChI is InChI=1S/C22H22F2N4O2/c1-12(14-4-5-18-16(8-14)22(23,24)11-30-18)25-20-15-10-28(21(3)6-7-21)19(29)9-17(15)26-13(2)27-20/h4-5,8-10,12H,6-7,11H2,1-3H3,(H,25,26,27)/t12-/m1/s1. The summed E-state index contributed by atoms with van der Waals surface area (Å²) in [5.41, 5.74) is 0.931. The number of ether oxygens (including phenoxy) is 1. The Morgan fingerprint density at radius 3 is 2.73 bits per heavy atom. The van der Waals surface area contributed by atoms with Crippen LogP contribution >= 0.6 is 0 Å². The minimum absolute atomic E-state index is 0.0829. The highest BCUT2D eigenvalue weighted by molar-refractivity contribution is 5.88. The molecule has 1 N–H and O–H groups in total. The van der Waals surface area contributed by atoms with Gasteiger partial charge in [-0.1, -0.05) is 6.07 Å². The topological polar surface area (TPSA) is 69.0 Å². The van der Waals surface area contributed by atoms with Crippen LogP contribution in [-0.4, -0.2) is 21.1 Å². The second-order valence-corrected chi connectivity index (χ2v) is 8.51. The summed E-state index contributed by atoms with van der Waals surface area (Å²) >= 11 is 0. The van der Waals surface area contributed by atoms with Crippen molar-refractivity contribution in [3.8, 4) is 5.75 Å². The highest BCUT2D eigenvalue weighted by Crippen LogP contribution is 2.43. The van der Waals surface area contributed by atoms with Gasteiger partial charge in [-0.2, -0.15) is 8.78 Å². The summed E-state index contributed by atoms with van der Waals surface area (Å²) in [5.74, 6) is -1.66. The molecule has 156 valence electrons. The maximum atomic E-state index is 14.1. The first-order valence-corrected chi connectivity index (χ1v) is 9.99. The van der Waals surface area contributed by atoms with Gasteiger partial charge in [-0.3, -0.25) is 4.79 Å². The lowest BCUT2D eigenvalue weighted by molar-refractivity contribution is -0.0214. The van der Waals surface area contributed by atoms with Crippen LogP contribution in [0.15, 0.2) is 35.3 Å². The number of nitrogens with one attached hydrogen (secondary N) is 1. The molecule has 2 aromatic heterocycles. The average Bonchev–Trinajstić information content (AvgIpc) is 3.36. The van der Waals surface area contributed by atoms with E-state index in [-0.39, 0.29) is 28.5 Å². The molecule has 0 bridgehead atoms. The number of anilines is 1. The van der Waals surface area contributed by atoms with Gasteiger partial charge in [0.1, 0.15) is 17.4 Å². The number of pyridine rings is 1. The summed E-state index contributed by atoms with van der Waals surface area (Å²) in [6.45, 7) is 5.07. The Kier molecular flexibility index (Phi) is 3.94. The molecule has 8 heteroatoms. The number of fused-ring (bicyclic) bond motifs is 2. The normalized spacial score (nSPS) is 19.2. The van der Waals surface area contributed by atoms with Crippen LogP contribution in [0.5, 0.6) is 5.75 Å². The molecule has 3 heterocycles. The predicted molar refractivity (Wildman–Crippen MR) is 109 cm³/mol. The number of aryl methyl sites for hydroxylation is 1. The fourth-order valence-electron chi connectivity index (χ4n) is 3.94. The van der Waals surface area contributed by atoms with Crippen LogP contribution in [0.25, 0.3) is 10.9 Å². The van der Waals surface area contributed by atoms with Gasteiger partial charge in [0.05, 0.1) is 16.5 Å². The third-order valence-corrected chi connectivity index (χ3v) is 6.06. The molecule has 1 fully saturated rings. The van der Waals surface area contributed by atoms with Crippen molar-refractivity contribution in [3.63, 3.8) is 0 Å². The molecular weight excluding hydrogens is 390 g/mol. The number of aromatic nitrogens is 3. The van der Waals surface area contributed by atoms with E-state index < -0.39 is 12.5 Å². The van der Waals surface area contributed by atoms with E-state index in [1.54, 1.807) is 23.6 Å². The van der Waals surface area contributed by atoms with E-state index >= 15 is 0 Å². The molecular formula is C22H22F2N4O2. The lowest BCUT2D eigenvalue weighted by Gasteiger charge is -2.19. The fourth-order valence-corrected chi connectivity index (χ4v) is 3.94. The van der Waals surface area contributed by atoms with Crippen LogP contribution in [0.2, 0.25) is 0 Å². The molecule has 0 amide bonds. The third kappa shape index (κ3) is 3.02. The predicted octanol–water partition coefficient (Wildman–Crippen LogP) is 4.27. The first-order valence-electron chi connectivity index (χ1n) is 9.99. The van der Waals surface area contributed by atoms with E-state index in [2.05, 4.69) is 22.2 Å². The van der Waals surface area contributed by atoms with Gasteiger partial charge in [-0.25, -0.2) is 9.97 Å². The van der Waals surface area contributed by atoms with Gasteiger partial charge in [0.2, 0.25) is 0 Å². The molecule has 0 unspecified atom stereocenters. The lowest BCUT2D eigenvalue weighted by Crippen LogP contribution is -2.27. The Labute approximate surface area is 171 Å². The van der Waals surface area contributed by atoms with E-state index in [1.807, 2.05) is 13.1 Å². The molecule has 30 heavy (non-hydrogen) atoms. The van der Waals surface area contributed by atoms with Crippen molar-refractivity contribution in [2.45, 2.75) is 51.1 Å². The molecule has 5 rings (SSSR count). The number of halogens is 2. The molecule has 0 saturated heterocycles. The second kappa shape index (κ2) is 6.23. The molecule has 1 aliphatic carbocycles. The van der Waals surface area contributed by atoms with Gasteiger partial charge in [-0.05, 0) is 51.3 Å². The van der Waals surface area contributed by atoms with Gasteiger partial charge in [0, 0.05) is 23.8 Å². The maximum absolute atomic E-state index is 14.1. The van der Waals surface area contributed by atoms with Gasteiger partial charge in [0.15, 0.2) is 6.61 Å². The zero-order valence-corrected chi connectivity index (χ0v) is 17.0. The third-order valence-electron chi connectivity index (χ3n) is 6.06. The van der Waals surface area contributed by atoms with E-state index in [0.717, 1.165) is 18.2 Å². The van der Waals surface area contributed by atoms with Crippen molar-refractivity contribution < 1.29 is 13.5 Å². The minimum Gasteiger partial charge on any atom is -0.486 e. The molecule has 1 aromatic carbocycles. The SMILES string of the molecule is Cc1nc(N[C@H](C)c2ccc3c(c2)C(F)(F)CO3)c2cn(C3(C)CC3)c(=O)cc2n1. The van der Waals surface area contributed by atoms with E-state index in [9.17, 15) is 13.6 Å². The molecule has 1 atom stereocenters. The number of alkyl halides is 2. The van der Waals surface area contributed by atoms with Crippen LogP contribution in [0.4, 0.5) is 14.6 Å². The molecule has 3 aromatic rings. The Balaban J connectivity index is 1.54. The summed E-state index contributed by atoms with van der Waals surface area (Å²) in [6, 6.07) is 6.09. The molecule has 6 nitrogen and oxygen atoms in total. The molecule has 2 aliphatic rings. The van der Waals surface area contributed by atoms with Gasteiger partial charge in [0.25, 0.3) is 5.56 Å². The van der Waals surface area contributed by atoms with Crippen LogP contribution in [0.1, 0.15) is 49.7 Å². The first-order chi connectivity index (χ1) is 14.2. The van der Waals surface area contributed by atoms with Crippen LogP contribution in [-0.2, 0) is 11.5 Å². The molecule has 1 saturated carbocycles. The number of benzene rings is 1. The van der Waals surface area contributed by atoms with Crippen molar-refractivity contribution in [1.29, 1.82) is 0 Å². The van der Waals surface area contributed by atoms with E-state index in [4.69, 9.17) is 4.74 Å². The smallest absolute Gasteiger partial charge is 0.310 e. The van der Waals surface area contributed by atoms with Gasteiger partial charge < -0.3 is 14.6 Å². The maximum Gasteiger partial charge on any atom is 0.310 e. The number of hydrogen-bond donors (Lipinski definition) is 1. The molecule has 0 spiro atoms. The minimum atomic E-state index is -2.99. The Morgan fingerprint density at radius 2 is 2.00 bits per heavy atom. The monoisotopic (exact) mass is 412 g/mol. The first kappa shape index (κ1) is 19.0. The number of rotatable bonds is 4. The highest BCUT2D eigenvalue weighted by atomic mass is 19.3. The largest absolute Gasteiger partial charge is 0.486 e. The van der Waals surface area contributed by atoms with Crippen molar-refractivity contribution in [2.75, 3.05) is 11.9 Å². The highest BCUT2D eigenvalue weighted by Gasteiger charge is 2.42. The van der Waals surface area contributed by atoms with Crippen molar-refractivity contribution in [3.05, 3.63) is 57.8 Å². The summed E-state index contributed by atoms with van der Waals surface area (Å²) in [6.07, 6.45) is 3.72. The number of nitrogens with zero attached hydrogens (tertiary/aromatic N) is 3. The molecule has 1 aliphatic heterocycles. The average molecular weight is 412 g/mol. The summed E-state index contributed by atoms with van der Waals surface area (Å²) < 4.78 is 35.0. The quantitative estimate of drug-likeness (QED) is 0.693. The van der Waals surface area contributed by atoms with Crippen molar-refractivity contribution >= 4 is 16.7 Å². The van der Waals surface area contributed by atoms with Crippen LogP contribution in [0, 0.1) is 6.92 Å². The summed E-state index contributed by atoms with van der Waals surface area (Å²) in [5, 5.41) is 4.06. The summed E-state index contributed by atoms with van der Waals surface area (Å²) in [7, 11) is 0. The zero-order chi connectivity index (χ0) is 21.3. The Bertz CT molecular complexity index is 1230. The van der Waals surface area contributed by atoms with Crippen molar-refractivity contribution in [1.82, 2.24) is 14.5 Å². The second-order valence-electron chi connectivity index (χ2n) is 8.51. The Morgan fingerprint density at radius 1 is 1.23 bits per heavy atom.